The van der Waals surface area contributed by atoms with Gasteiger partial charge in [-0.15, -0.1) is 0 Å². The minimum Gasteiger partial charge on any atom is -0.477 e. The first kappa shape index (κ1) is 81.8. The van der Waals surface area contributed by atoms with Crippen LogP contribution in [0, 0.1) is 0 Å². The first-order chi connectivity index (χ1) is 41.1. The highest BCUT2D eigenvalue weighted by molar-refractivity contribution is 5.71. The van der Waals surface area contributed by atoms with Gasteiger partial charge in [-0.05, 0) is 44.9 Å². The monoisotopic (exact) mass is 1190 g/mol. The van der Waals surface area contributed by atoms with E-state index in [-0.39, 0.29) is 38.2 Å². The van der Waals surface area contributed by atoms with Gasteiger partial charge < -0.3 is 28.5 Å². The van der Waals surface area contributed by atoms with Crippen molar-refractivity contribution in [2.75, 3.05) is 47.5 Å². The van der Waals surface area contributed by atoms with Crippen molar-refractivity contribution in [1.82, 2.24) is 0 Å². The van der Waals surface area contributed by atoms with Gasteiger partial charge in [0.1, 0.15) is 13.2 Å². The quantitative estimate of drug-likeness (QED) is 0.0211. The molecule has 0 heterocycles. The van der Waals surface area contributed by atoms with Gasteiger partial charge in [-0.1, -0.05) is 346 Å². The number of unbranched alkanes of at least 4 members (excludes halogenated alkanes) is 51. The molecule has 0 aromatic heterocycles. The Morgan fingerprint density at radius 1 is 0.357 bits per heavy atom. The van der Waals surface area contributed by atoms with Crippen LogP contribution < -0.4 is 0 Å². The number of allylic oxidation sites excluding steroid dienone is 4. The van der Waals surface area contributed by atoms with Gasteiger partial charge in [-0.3, -0.25) is 9.59 Å². The van der Waals surface area contributed by atoms with Crippen molar-refractivity contribution in [1.29, 1.82) is 0 Å². The van der Waals surface area contributed by atoms with Gasteiger partial charge in [0.2, 0.25) is 0 Å². The molecule has 0 fully saturated rings. The van der Waals surface area contributed by atoms with E-state index >= 15 is 0 Å². The lowest BCUT2D eigenvalue weighted by Gasteiger charge is -2.25. The standard InChI is InChI=1S/C75H143NO8/c1-6-8-10-12-14-16-18-20-22-24-26-28-30-32-34-35-36-37-38-40-41-43-45-47-49-51-53-55-57-59-61-63-65-72(77)82-69-71(70-83-75(74(79)80)81-68-67-76(3,4)5)84-73(78)66-64-62-60-58-56-54-52-50-48-46-44-42-39-33-31-29-27-25-23-21-19-17-15-13-11-9-7-2/h19,21,25,27,71,75H,6-18,20,22-24,26,28-70H2,1-5H3/p+1/b21-19-,27-25-. The fraction of sp³-hybridized carbons (Fsp3) is 0.907. The smallest absolute Gasteiger partial charge is 0.361 e. The predicted molar refractivity (Wildman–Crippen MR) is 360 cm³/mol. The average molecular weight is 1190 g/mol. The van der Waals surface area contributed by atoms with E-state index in [0.29, 0.717) is 17.4 Å². The van der Waals surface area contributed by atoms with E-state index in [9.17, 15) is 19.5 Å². The van der Waals surface area contributed by atoms with Gasteiger partial charge >= 0.3 is 17.9 Å². The maximum Gasteiger partial charge on any atom is 0.361 e. The van der Waals surface area contributed by atoms with Crippen molar-refractivity contribution in [3.05, 3.63) is 24.3 Å². The molecule has 2 atom stereocenters. The zero-order chi connectivity index (χ0) is 61.2. The highest BCUT2D eigenvalue weighted by atomic mass is 16.7. The van der Waals surface area contributed by atoms with E-state index in [1.807, 2.05) is 21.1 Å². The minimum absolute atomic E-state index is 0.175. The highest BCUT2D eigenvalue weighted by Crippen LogP contribution is 2.19. The summed E-state index contributed by atoms with van der Waals surface area (Å²) < 4.78 is 23.0. The van der Waals surface area contributed by atoms with Crippen molar-refractivity contribution in [2.45, 2.75) is 392 Å². The Morgan fingerprint density at radius 3 is 0.940 bits per heavy atom. The molecule has 0 aliphatic rings. The van der Waals surface area contributed by atoms with Crippen molar-refractivity contribution in [2.24, 2.45) is 0 Å². The number of hydrogen-bond acceptors (Lipinski definition) is 7. The summed E-state index contributed by atoms with van der Waals surface area (Å²) >= 11 is 0. The number of ether oxygens (including phenoxy) is 4. The number of carbonyl (C=O) groups excluding carboxylic acids is 2. The van der Waals surface area contributed by atoms with Crippen molar-refractivity contribution < 1.29 is 42.9 Å². The van der Waals surface area contributed by atoms with Gasteiger partial charge in [0.25, 0.3) is 6.29 Å². The van der Waals surface area contributed by atoms with Crippen LogP contribution in [0.25, 0.3) is 0 Å². The summed E-state index contributed by atoms with van der Waals surface area (Å²) in [6, 6.07) is 0. The lowest BCUT2D eigenvalue weighted by Crippen LogP contribution is -2.40. The lowest BCUT2D eigenvalue weighted by molar-refractivity contribution is -0.870. The number of aliphatic carboxylic acids is 1. The topological polar surface area (TPSA) is 108 Å². The van der Waals surface area contributed by atoms with E-state index < -0.39 is 18.4 Å². The second-order valence-corrected chi connectivity index (χ2v) is 26.6. The number of rotatable bonds is 70. The third-order valence-corrected chi connectivity index (χ3v) is 17.0. The van der Waals surface area contributed by atoms with Crippen LogP contribution in [-0.2, 0) is 33.3 Å². The summed E-state index contributed by atoms with van der Waals surface area (Å²) in [6.07, 6.45) is 80.3. The van der Waals surface area contributed by atoms with E-state index in [2.05, 4.69) is 38.2 Å². The molecule has 0 aliphatic heterocycles. The third-order valence-electron chi connectivity index (χ3n) is 17.0. The Bertz CT molecular complexity index is 1430. The number of esters is 2. The first-order valence-corrected chi connectivity index (χ1v) is 37.0. The Morgan fingerprint density at radius 2 is 0.643 bits per heavy atom. The maximum absolute atomic E-state index is 13.0. The fourth-order valence-electron chi connectivity index (χ4n) is 11.3. The normalized spacial score (nSPS) is 12.7. The Labute approximate surface area is 522 Å². The SMILES string of the molecule is CCCCCCC/C=C\C/C=C\CCCCCCCCCCCCCCCCCC(=O)OC(COC(=O)CCCCCCCCCCCCCCCCCCCCCCCCCCCCCCCCCC)COC(OCC[N+](C)(C)C)C(=O)O. The molecule has 84 heavy (non-hydrogen) atoms. The molecule has 0 aromatic carbocycles. The molecule has 496 valence electrons. The highest BCUT2D eigenvalue weighted by Gasteiger charge is 2.25. The van der Waals surface area contributed by atoms with E-state index in [1.54, 1.807) is 0 Å². The fourth-order valence-corrected chi connectivity index (χ4v) is 11.3. The molecule has 9 nitrogen and oxygen atoms in total. The molecule has 0 saturated carbocycles. The van der Waals surface area contributed by atoms with E-state index in [0.717, 1.165) is 44.9 Å². The van der Waals surface area contributed by atoms with Crippen LogP contribution in [0.3, 0.4) is 0 Å². The molecule has 0 aliphatic carbocycles. The molecule has 0 saturated heterocycles. The molecule has 0 radical (unpaired) electrons. The Hall–Kier alpha value is -2.23. The van der Waals surface area contributed by atoms with Crippen LogP contribution in [0.15, 0.2) is 24.3 Å². The van der Waals surface area contributed by atoms with Crippen molar-refractivity contribution in [3.63, 3.8) is 0 Å². The Balaban J connectivity index is 4.02. The minimum atomic E-state index is -1.51. The largest absolute Gasteiger partial charge is 0.477 e. The average Bonchev–Trinajstić information content (AvgIpc) is 3.51. The molecule has 9 heteroatoms. The van der Waals surface area contributed by atoms with Crippen LogP contribution in [0.1, 0.15) is 380 Å². The molecule has 2 unspecified atom stereocenters. The number of likely N-dealkylation sites (N-methyl/N-ethyl adjacent to an activating group) is 1. The van der Waals surface area contributed by atoms with Gasteiger partial charge in [0.15, 0.2) is 6.10 Å². The van der Waals surface area contributed by atoms with Crippen LogP contribution >= 0.6 is 0 Å². The first-order valence-electron chi connectivity index (χ1n) is 37.0. The molecule has 0 spiro atoms. The van der Waals surface area contributed by atoms with Gasteiger partial charge in [-0.25, -0.2) is 4.79 Å². The number of carbonyl (C=O) groups is 3. The zero-order valence-corrected chi connectivity index (χ0v) is 56.8. The summed E-state index contributed by atoms with van der Waals surface area (Å²) in [5.74, 6) is -1.97. The van der Waals surface area contributed by atoms with Crippen molar-refractivity contribution >= 4 is 17.9 Å². The predicted octanol–water partition coefficient (Wildman–Crippen LogP) is 23.0. The Kier molecular flexibility index (Phi) is 64.9. The second kappa shape index (κ2) is 66.7. The number of carboxylic acids is 1. The number of carboxylic acid groups (broad SMARTS) is 1. The van der Waals surface area contributed by atoms with Crippen LogP contribution in [0.2, 0.25) is 0 Å². The van der Waals surface area contributed by atoms with E-state index in [1.165, 1.54) is 308 Å². The molecular formula is C75H144NO8+. The summed E-state index contributed by atoms with van der Waals surface area (Å²) in [7, 11) is 5.99. The van der Waals surface area contributed by atoms with Crippen LogP contribution in [-0.4, -0.2) is 87.4 Å². The molecule has 0 amide bonds. The number of nitrogens with zero attached hydrogens (tertiary/aromatic N) is 1. The van der Waals surface area contributed by atoms with Crippen LogP contribution in [0.4, 0.5) is 0 Å². The molecule has 0 aromatic rings. The van der Waals surface area contributed by atoms with Gasteiger partial charge in [-0.2, -0.15) is 0 Å². The molecule has 0 bridgehead atoms. The molecule has 0 rings (SSSR count). The van der Waals surface area contributed by atoms with Gasteiger partial charge in [0.05, 0.1) is 34.4 Å². The maximum atomic E-state index is 13.0. The number of quaternary nitrogens is 1. The summed E-state index contributed by atoms with van der Waals surface area (Å²) in [5.41, 5.74) is 0. The summed E-state index contributed by atoms with van der Waals surface area (Å²) in [4.78, 5) is 37.7. The zero-order valence-electron chi connectivity index (χ0n) is 56.8. The molecular weight excluding hydrogens is 1040 g/mol. The lowest BCUT2D eigenvalue weighted by atomic mass is 10.0. The third kappa shape index (κ3) is 67.3. The summed E-state index contributed by atoms with van der Waals surface area (Å²) in [6.45, 7) is 4.95. The second-order valence-electron chi connectivity index (χ2n) is 26.6. The summed E-state index contributed by atoms with van der Waals surface area (Å²) in [5, 5.41) is 9.75. The van der Waals surface area contributed by atoms with E-state index in [4.69, 9.17) is 18.9 Å². The van der Waals surface area contributed by atoms with Gasteiger partial charge in [0, 0.05) is 12.8 Å². The van der Waals surface area contributed by atoms with Crippen molar-refractivity contribution in [3.8, 4) is 0 Å². The molecule has 1 N–H and O–H groups in total. The number of hydrogen-bond donors (Lipinski definition) is 1. The van der Waals surface area contributed by atoms with Crippen LogP contribution in [0.5, 0.6) is 0 Å².